The summed E-state index contributed by atoms with van der Waals surface area (Å²) in [5, 5.41) is 5.79. The Morgan fingerprint density at radius 1 is 1.45 bits per heavy atom. The number of nitrogens with zero attached hydrogens (tertiary/aromatic N) is 2. The molecule has 1 atom stereocenters. The number of carbonyl (C=O) groups is 1. The average molecular weight is 328 g/mol. The lowest BCUT2D eigenvalue weighted by Gasteiger charge is -2.13. The van der Waals surface area contributed by atoms with Crippen LogP contribution in [-0.2, 0) is 0 Å². The largest absolute Gasteiger partial charge is 0.341 e. The molecule has 0 saturated carbocycles. The van der Waals surface area contributed by atoms with Crippen molar-refractivity contribution in [2.75, 3.05) is 6.26 Å². The molecule has 4 nitrogen and oxygen atoms in total. The molecule has 0 aliphatic heterocycles. The first-order valence-electron chi connectivity index (χ1n) is 6.29. The molecule has 2 heterocycles. The van der Waals surface area contributed by atoms with Crippen molar-refractivity contribution in [1.82, 2.24) is 15.3 Å². The van der Waals surface area contributed by atoms with E-state index >= 15 is 0 Å². The maximum Gasteiger partial charge on any atom is 0.271 e. The molecule has 1 amide bonds. The Bertz CT molecular complexity index is 586. The minimum atomic E-state index is -0.126. The smallest absolute Gasteiger partial charge is 0.271 e. The zero-order valence-electron chi connectivity index (χ0n) is 11.9. The van der Waals surface area contributed by atoms with Gasteiger partial charge in [-0.3, -0.25) is 4.79 Å². The van der Waals surface area contributed by atoms with Gasteiger partial charge in [-0.2, -0.15) is 0 Å². The molecule has 0 aliphatic carbocycles. The lowest BCUT2D eigenvalue weighted by molar-refractivity contribution is 0.0930. The van der Waals surface area contributed by atoms with Crippen LogP contribution in [0, 0.1) is 13.8 Å². The maximum absolute atomic E-state index is 12.2. The van der Waals surface area contributed by atoms with Crippen molar-refractivity contribution in [2.45, 2.75) is 37.6 Å². The average Bonchev–Trinajstić information content (AvgIpc) is 3.03. The fraction of sp³-hybridized carbons (Fsp3) is 0.462. The molecule has 20 heavy (non-hydrogen) atoms. The molecule has 0 spiro atoms. The summed E-state index contributed by atoms with van der Waals surface area (Å²) >= 11 is 4.69. The van der Waals surface area contributed by atoms with E-state index in [-0.39, 0.29) is 11.9 Å². The Hall–Kier alpha value is -0.920. The van der Waals surface area contributed by atoms with E-state index in [1.54, 1.807) is 28.5 Å². The van der Waals surface area contributed by atoms with E-state index in [4.69, 9.17) is 0 Å². The molecule has 1 N–H and O–H groups in total. The molecule has 0 fully saturated rings. The van der Waals surface area contributed by atoms with E-state index < -0.39 is 0 Å². The molecular formula is C13H17N3OS3. The highest BCUT2D eigenvalue weighted by Gasteiger charge is 2.19. The third-order valence-electron chi connectivity index (χ3n) is 2.95. The third-order valence-corrected chi connectivity index (χ3v) is 6.00. The first-order valence-corrected chi connectivity index (χ1v) is 9.21. The molecule has 7 heteroatoms. The van der Waals surface area contributed by atoms with Gasteiger partial charge in [-0.15, -0.1) is 22.7 Å². The van der Waals surface area contributed by atoms with Gasteiger partial charge in [0.1, 0.15) is 15.0 Å². The van der Waals surface area contributed by atoms with Crippen LogP contribution < -0.4 is 5.32 Å². The van der Waals surface area contributed by atoms with E-state index in [1.165, 1.54) is 16.2 Å². The summed E-state index contributed by atoms with van der Waals surface area (Å²) in [7, 11) is 0. The van der Waals surface area contributed by atoms with Gasteiger partial charge in [-0.25, -0.2) is 9.97 Å². The molecule has 0 aromatic carbocycles. The molecule has 0 saturated heterocycles. The van der Waals surface area contributed by atoms with Crippen LogP contribution in [0.1, 0.15) is 45.5 Å². The molecule has 2 rings (SSSR count). The Morgan fingerprint density at radius 2 is 2.20 bits per heavy atom. The van der Waals surface area contributed by atoms with Crippen molar-refractivity contribution in [3.05, 3.63) is 26.7 Å². The fourth-order valence-corrected chi connectivity index (χ4v) is 3.97. The maximum atomic E-state index is 12.2. The Balaban J connectivity index is 2.11. The van der Waals surface area contributed by atoms with Gasteiger partial charge in [0, 0.05) is 10.3 Å². The zero-order chi connectivity index (χ0) is 14.7. The number of hydrogen-bond acceptors (Lipinski definition) is 6. The van der Waals surface area contributed by atoms with Crippen molar-refractivity contribution in [2.24, 2.45) is 0 Å². The highest BCUT2D eigenvalue weighted by atomic mass is 32.2. The predicted octanol–water partition coefficient (Wildman–Crippen LogP) is 3.82. The van der Waals surface area contributed by atoms with Gasteiger partial charge in [0.15, 0.2) is 0 Å². The summed E-state index contributed by atoms with van der Waals surface area (Å²) < 4.78 is 0.907. The summed E-state index contributed by atoms with van der Waals surface area (Å²) in [5.41, 5.74) is 1.53. The monoisotopic (exact) mass is 327 g/mol. The van der Waals surface area contributed by atoms with Gasteiger partial charge < -0.3 is 5.32 Å². The standard InChI is InChI=1S/C13H17N3OS3/c1-5-9(12-14-7(2)8(3)20-12)15-11(17)10-6-19-13(16-10)18-4/h6,9H,5H2,1-4H3,(H,15,17)/t9-/m1/s1. The zero-order valence-corrected chi connectivity index (χ0v) is 14.3. The highest BCUT2D eigenvalue weighted by molar-refractivity contribution is 8.00. The van der Waals surface area contributed by atoms with Crippen LogP contribution in [0.15, 0.2) is 9.72 Å². The van der Waals surface area contributed by atoms with Crippen molar-refractivity contribution in [3.63, 3.8) is 0 Å². The van der Waals surface area contributed by atoms with Crippen LogP contribution in [-0.4, -0.2) is 22.1 Å². The summed E-state index contributed by atoms with van der Waals surface area (Å²) in [5.74, 6) is -0.126. The number of aryl methyl sites for hydroxylation is 2. The predicted molar refractivity (Wildman–Crippen MR) is 86.0 cm³/mol. The van der Waals surface area contributed by atoms with E-state index in [0.29, 0.717) is 5.69 Å². The fourth-order valence-electron chi connectivity index (χ4n) is 1.67. The van der Waals surface area contributed by atoms with Crippen LogP contribution in [0.25, 0.3) is 0 Å². The summed E-state index contributed by atoms with van der Waals surface area (Å²) in [4.78, 5) is 22.2. The highest BCUT2D eigenvalue weighted by Crippen LogP contribution is 2.26. The molecule has 0 unspecified atom stereocenters. The van der Waals surface area contributed by atoms with Crippen molar-refractivity contribution < 1.29 is 4.79 Å². The number of thioether (sulfide) groups is 1. The van der Waals surface area contributed by atoms with E-state index in [2.05, 4.69) is 22.2 Å². The Labute approximate surface area is 131 Å². The van der Waals surface area contributed by atoms with Crippen LogP contribution in [0.5, 0.6) is 0 Å². The minimum absolute atomic E-state index is 0.0423. The second-order valence-electron chi connectivity index (χ2n) is 4.33. The summed E-state index contributed by atoms with van der Waals surface area (Å²) in [6.07, 6.45) is 2.77. The number of carbonyl (C=O) groups excluding carboxylic acids is 1. The van der Waals surface area contributed by atoms with Crippen LogP contribution >= 0.6 is 34.4 Å². The van der Waals surface area contributed by atoms with Gasteiger partial charge in [0.2, 0.25) is 0 Å². The first kappa shape index (κ1) is 15.5. The number of aromatic nitrogens is 2. The van der Waals surface area contributed by atoms with Crippen LogP contribution in [0.2, 0.25) is 0 Å². The topological polar surface area (TPSA) is 54.9 Å². The quantitative estimate of drug-likeness (QED) is 0.848. The Morgan fingerprint density at radius 3 is 2.70 bits per heavy atom. The van der Waals surface area contributed by atoms with Crippen LogP contribution in [0.3, 0.4) is 0 Å². The molecule has 2 aromatic heterocycles. The van der Waals surface area contributed by atoms with Gasteiger partial charge in [0.25, 0.3) is 5.91 Å². The minimum Gasteiger partial charge on any atom is -0.341 e. The molecule has 2 aromatic rings. The lowest BCUT2D eigenvalue weighted by atomic mass is 10.2. The second kappa shape index (κ2) is 6.69. The molecule has 0 aliphatic rings. The first-order chi connectivity index (χ1) is 9.55. The van der Waals surface area contributed by atoms with Gasteiger partial charge in [0.05, 0.1) is 11.7 Å². The number of hydrogen-bond donors (Lipinski definition) is 1. The Kier molecular flexibility index (Phi) is 5.17. The summed E-state index contributed by atoms with van der Waals surface area (Å²) in [6, 6.07) is -0.0423. The van der Waals surface area contributed by atoms with Gasteiger partial charge >= 0.3 is 0 Å². The van der Waals surface area contributed by atoms with Gasteiger partial charge in [-0.05, 0) is 26.5 Å². The van der Waals surface area contributed by atoms with Crippen molar-refractivity contribution >= 4 is 40.3 Å². The van der Waals surface area contributed by atoms with Crippen molar-refractivity contribution in [3.8, 4) is 0 Å². The molecule has 0 bridgehead atoms. The molecule has 108 valence electrons. The normalized spacial score (nSPS) is 12.4. The number of rotatable bonds is 5. The van der Waals surface area contributed by atoms with E-state index in [9.17, 15) is 4.79 Å². The van der Waals surface area contributed by atoms with Gasteiger partial charge in [-0.1, -0.05) is 18.7 Å². The number of thiazole rings is 2. The molecule has 0 radical (unpaired) electrons. The summed E-state index contributed by atoms with van der Waals surface area (Å²) in [6.45, 7) is 6.09. The van der Waals surface area contributed by atoms with Crippen molar-refractivity contribution in [1.29, 1.82) is 0 Å². The third kappa shape index (κ3) is 3.39. The molecular weight excluding hydrogens is 310 g/mol. The number of amides is 1. The van der Waals surface area contributed by atoms with E-state index in [1.807, 2.05) is 20.1 Å². The van der Waals surface area contributed by atoms with E-state index in [0.717, 1.165) is 21.5 Å². The lowest BCUT2D eigenvalue weighted by Crippen LogP contribution is -2.28. The second-order valence-corrected chi connectivity index (χ2v) is 7.48. The SMILES string of the molecule is CC[C@@H](NC(=O)c1csc(SC)n1)c1nc(C)c(C)s1. The van der Waals surface area contributed by atoms with Crippen LogP contribution in [0.4, 0.5) is 0 Å². The number of nitrogens with one attached hydrogen (secondary N) is 1.